The van der Waals surface area contributed by atoms with Gasteiger partial charge >= 0.3 is 6.09 Å². The number of fused-ring (bicyclic) bond motifs is 1. The van der Waals surface area contributed by atoms with Crippen LogP contribution in [0.4, 0.5) is 4.79 Å². The molecular formula is C35H42BrN3O6. The molecule has 0 saturated carbocycles. The molecular weight excluding hydrogens is 638 g/mol. The first-order valence-corrected chi connectivity index (χ1v) is 16.2. The zero-order chi connectivity index (χ0) is 31.8. The molecule has 1 saturated heterocycles. The molecule has 5 rings (SSSR count). The summed E-state index contributed by atoms with van der Waals surface area (Å²) < 4.78 is 26.8. The highest BCUT2D eigenvalue weighted by Gasteiger charge is 2.33. The third-order valence-corrected chi connectivity index (χ3v) is 9.26. The number of aromatic nitrogens is 1. The van der Waals surface area contributed by atoms with Crippen LogP contribution in [0, 0.1) is 6.92 Å². The van der Waals surface area contributed by atoms with E-state index in [4.69, 9.17) is 24.7 Å². The average Bonchev–Trinajstić information content (AvgIpc) is 3.38. The number of ether oxygens (including phenoxy) is 4. The second kappa shape index (κ2) is 15.6. The Kier molecular flexibility index (Phi) is 11.4. The summed E-state index contributed by atoms with van der Waals surface area (Å²) in [6.45, 7) is 6.14. The molecule has 1 aliphatic heterocycles. The standard InChI is InChI=1S/C35H42BrN3O6/c1-24-20-38(17-15-37)34-29(24)13-10-27(33(34)36)23-45-32-21-39(35(40)41)16-14-30(32)25-8-11-28(12-9-25)44-19-5-18-43-22-26-6-3-4-7-31(26)42-2/h3-4,6-13,20,30,32H,5,14-19,21-23,37H2,1-2H3,(H,40,41). The maximum atomic E-state index is 11.8. The molecule has 9 nitrogen and oxygen atoms in total. The van der Waals surface area contributed by atoms with Gasteiger partial charge in [-0.05, 0) is 64.2 Å². The quantitative estimate of drug-likeness (QED) is 0.143. The number of rotatable bonds is 14. The molecule has 3 N–H and O–H groups in total. The summed E-state index contributed by atoms with van der Waals surface area (Å²) in [6.07, 6.45) is 2.36. The van der Waals surface area contributed by atoms with Gasteiger partial charge in [-0.1, -0.05) is 42.5 Å². The Morgan fingerprint density at radius 3 is 2.60 bits per heavy atom. The van der Waals surface area contributed by atoms with Crippen molar-refractivity contribution in [3.05, 3.63) is 93.6 Å². The van der Waals surface area contributed by atoms with Crippen molar-refractivity contribution in [3.63, 3.8) is 0 Å². The monoisotopic (exact) mass is 679 g/mol. The van der Waals surface area contributed by atoms with Crippen molar-refractivity contribution in [1.82, 2.24) is 9.47 Å². The molecule has 2 atom stereocenters. The van der Waals surface area contributed by atoms with Gasteiger partial charge in [0.05, 0.1) is 51.7 Å². The number of aryl methyl sites for hydroxylation is 1. The smallest absolute Gasteiger partial charge is 0.407 e. The lowest BCUT2D eigenvalue weighted by Gasteiger charge is -2.37. The minimum Gasteiger partial charge on any atom is -0.496 e. The zero-order valence-corrected chi connectivity index (χ0v) is 27.5. The van der Waals surface area contributed by atoms with Crippen LogP contribution in [-0.2, 0) is 29.2 Å². The first-order chi connectivity index (χ1) is 21.9. The van der Waals surface area contributed by atoms with E-state index < -0.39 is 6.09 Å². The number of nitrogens with zero attached hydrogens (tertiary/aromatic N) is 2. The summed E-state index contributed by atoms with van der Waals surface area (Å²) in [5.41, 5.74) is 11.3. The summed E-state index contributed by atoms with van der Waals surface area (Å²) in [6, 6.07) is 20.1. The van der Waals surface area contributed by atoms with Gasteiger partial charge in [0.1, 0.15) is 11.5 Å². The van der Waals surface area contributed by atoms with E-state index in [1.54, 1.807) is 7.11 Å². The summed E-state index contributed by atoms with van der Waals surface area (Å²) in [7, 11) is 1.66. The van der Waals surface area contributed by atoms with Crippen LogP contribution in [0.5, 0.6) is 11.5 Å². The average molecular weight is 681 g/mol. The molecule has 2 unspecified atom stereocenters. The topological polar surface area (TPSA) is 108 Å². The largest absolute Gasteiger partial charge is 0.496 e. The maximum Gasteiger partial charge on any atom is 0.407 e. The van der Waals surface area contributed by atoms with Gasteiger partial charge in [0.25, 0.3) is 0 Å². The number of para-hydroxylation sites is 1. The molecule has 3 aromatic carbocycles. The minimum atomic E-state index is -0.921. The van der Waals surface area contributed by atoms with Crippen molar-refractivity contribution in [2.24, 2.45) is 5.73 Å². The van der Waals surface area contributed by atoms with Crippen LogP contribution in [0.25, 0.3) is 10.9 Å². The van der Waals surface area contributed by atoms with Crippen LogP contribution in [0.15, 0.2) is 71.3 Å². The number of carbonyl (C=O) groups is 1. The number of hydrogen-bond acceptors (Lipinski definition) is 6. The van der Waals surface area contributed by atoms with Gasteiger partial charge in [-0.25, -0.2) is 4.79 Å². The molecule has 45 heavy (non-hydrogen) atoms. The highest BCUT2D eigenvalue weighted by Crippen LogP contribution is 2.35. The lowest BCUT2D eigenvalue weighted by atomic mass is 9.87. The molecule has 1 aromatic heterocycles. The van der Waals surface area contributed by atoms with Crippen molar-refractivity contribution in [2.45, 2.75) is 51.5 Å². The summed E-state index contributed by atoms with van der Waals surface area (Å²) in [5, 5.41) is 10.9. The predicted octanol–water partition coefficient (Wildman–Crippen LogP) is 6.72. The fourth-order valence-electron chi connectivity index (χ4n) is 6.00. The third kappa shape index (κ3) is 7.99. The second-order valence-corrected chi connectivity index (χ2v) is 12.1. The fourth-order valence-corrected chi connectivity index (χ4v) is 6.69. The third-order valence-electron chi connectivity index (χ3n) is 8.37. The van der Waals surface area contributed by atoms with Gasteiger partial charge in [-0.3, -0.25) is 0 Å². The summed E-state index contributed by atoms with van der Waals surface area (Å²) in [4.78, 5) is 13.3. The van der Waals surface area contributed by atoms with E-state index >= 15 is 0 Å². The molecule has 0 spiro atoms. The first-order valence-electron chi connectivity index (χ1n) is 15.4. The Bertz CT molecular complexity index is 1570. The first kappa shape index (κ1) is 32.8. The van der Waals surface area contributed by atoms with Gasteiger partial charge in [-0.15, -0.1) is 0 Å². The molecule has 240 valence electrons. The number of halogens is 1. The lowest BCUT2D eigenvalue weighted by Crippen LogP contribution is -2.46. The van der Waals surface area contributed by atoms with Gasteiger partial charge in [-0.2, -0.15) is 0 Å². The van der Waals surface area contributed by atoms with Gasteiger partial charge < -0.3 is 39.3 Å². The van der Waals surface area contributed by atoms with E-state index in [-0.39, 0.29) is 12.0 Å². The SMILES string of the molecule is COc1ccccc1COCCCOc1ccc(C2CCN(C(=O)O)CC2OCc2ccc3c(C)cn(CCN)c3c2Br)cc1. The van der Waals surface area contributed by atoms with E-state index in [2.05, 4.69) is 57.9 Å². The van der Waals surface area contributed by atoms with Crippen LogP contribution < -0.4 is 15.2 Å². The highest BCUT2D eigenvalue weighted by atomic mass is 79.9. The van der Waals surface area contributed by atoms with E-state index in [1.165, 1.54) is 15.8 Å². The van der Waals surface area contributed by atoms with Crippen molar-refractivity contribution in [2.75, 3.05) is 40.0 Å². The number of hydrogen-bond donors (Lipinski definition) is 2. The summed E-state index contributed by atoms with van der Waals surface area (Å²) >= 11 is 3.82. The molecule has 1 amide bonds. The van der Waals surface area contributed by atoms with Gasteiger partial charge in [0, 0.05) is 53.6 Å². The number of carboxylic acid groups (broad SMARTS) is 1. The van der Waals surface area contributed by atoms with Crippen molar-refractivity contribution in [3.8, 4) is 11.5 Å². The minimum absolute atomic E-state index is 0.0591. The van der Waals surface area contributed by atoms with E-state index in [9.17, 15) is 9.90 Å². The second-order valence-electron chi connectivity index (χ2n) is 11.3. The van der Waals surface area contributed by atoms with Crippen LogP contribution in [0.2, 0.25) is 0 Å². The zero-order valence-electron chi connectivity index (χ0n) is 25.9. The number of amides is 1. The maximum absolute atomic E-state index is 11.8. The summed E-state index contributed by atoms with van der Waals surface area (Å²) in [5.74, 6) is 1.68. The number of likely N-dealkylation sites (tertiary alicyclic amines) is 1. The van der Waals surface area contributed by atoms with E-state index in [1.807, 2.05) is 36.4 Å². The molecule has 2 heterocycles. The van der Waals surface area contributed by atoms with Crippen LogP contribution in [0.1, 0.15) is 41.0 Å². The molecule has 10 heteroatoms. The van der Waals surface area contributed by atoms with Gasteiger partial charge in [0.15, 0.2) is 0 Å². The van der Waals surface area contributed by atoms with E-state index in [0.29, 0.717) is 52.5 Å². The molecule has 4 aromatic rings. The molecule has 1 aliphatic rings. The number of piperidine rings is 1. The predicted molar refractivity (Wildman–Crippen MR) is 178 cm³/mol. The Morgan fingerprint density at radius 1 is 1.04 bits per heavy atom. The Balaban J connectivity index is 1.18. The lowest BCUT2D eigenvalue weighted by molar-refractivity contribution is -0.0201. The Labute approximate surface area is 272 Å². The number of methoxy groups -OCH3 is 1. The van der Waals surface area contributed by atoms with E-state index in [0.717, 1.165) is 51.1 Å². The van der Waals surface area contributed by atoms with Crippen LogP contribution in [-0.4, -0.2) is 66.7 Å². The van der Waals surface area contributed by atoms with Crippen molar-refractivity contribution in [1.29, 1.82) is 0 Å². The number of benzene rings is 3. The van der Waals surface area contributed by atoms with Crippen LogP contribution >= 0.6 is 15.9 Å². The molecule has 0 aliphatic carbocycles. The molecule has 0 radical (unpaired) electrons. The molecule has 1 fully saturated rings. The normalized spacial score (nSPS) is 16.7. The highest BCUT2D eigenvalue weighted by molar-refractivity contribution is 9.10. The molecule has 0 bridgehead atoms. The Hall–Kier alpha value is -3.57. The fraction of sp³-hybridized carbons (Fsp3) is 0.400. The van der Waals surface area contributed by atoms with Gasteiger partial charge in [0.2, 0.25) is 0 Å². The number of nitrogens with two attached hydrogens (primary N) is 1. The van der Waals surface area contributed by atoms with Crippen molar-refractivity contribution >= 4 is 32.9 Å². The van der Waals surface area contributed by atoms with Crippen LogP contribution in [0.3, 0.4) is 0 Å². The van der Waals surface area contributed by atoms with Crippen molar-refractivity contribution < 1.29 is 28.8 Å². The Morgan fingerprint density at radius 2 is 1.84 bits per heavy atom.